The van der Waals surface area contributed by atoms with Gasteiger partial charge in [-0.1, -0.05) is 29.8 Å². The van der Waals surface area contributed by atoms with Gasteiger partial charge in [0.2, 0.25) is 5.91 Å². The van der Waals surface area contributed by atoms with Crippen molar-refractivity contribution in [3.8, 4) is 0 Å². The van der Waals surface area contributed by atoms with Crippen LogP contribution in [0.15, 0.2) is 29.8 Å². The Bertz CT molecular complexity index is 783. The van der Waals surface area contributed by atoms with E-state index in [0.29, 0.717) is 5.69 Å². The lowest BCUT2D eigenvalue weighted by molar-refractivity contribution is -0.128. The van der Waals surface area contributed by atoms with Crippen molar-refractivity contribution in [2.75, 3.05) is 0 Å². The third-order valence-corrected chi connectivity index (χ3v) is 5.28. The molecule has 2 aromatic heterocycles. The molecule has 0 aromatic carbocycles. The predicted molar refractivity (Wildman–Crippen MR) is 108 cm³/mol. The molecule has 150 valence electrons. The molecule has 1 saturated carbocycles. The van der Waals surface area contributed by atoms with E-state index in [-0.39, 0.29) is 23.6 Å². The highest BCUT2D eigenvalue weighted by Crippen LogP contribution is 2.32. The molecule has 1 atom stereocenters. The smallest absolute Gasteiger partial charge is 0.276 e. The van der Waals surface area contributed by atoms with Gasteiger partial charge in [-0.2, -0.15) is 0 Å². The molecular weight excluding hydrogens is 374 g/mol. The fourth-order valence-corrected chi connectivity index (χ4v) is 4.05. The van der Waals surface area contributed by atoms with E-state index in [2.05, 4.69) is 19.9 Å². The summed E-state index contributed by atoms with van der Waals surface area (Å²) in [6.45, 7) is 5.78. The first kappa shape index (κ1) is 20.4. The van der Waals surface area contributed by atoms with Crippen molar-refractivity contribution in [3.63, 3.8) is 0 Å². The number of rotatable bonds is 5. The van der Waals surface area contributed by atoms with Gasteiger partial charge in [0.05, 0.1) is 5.69 Å². The molecule has 0 unspecified atom stereocenters. The van der Waals surface area contributed by atoms with Gasteiger partial charge in [0.1, 0.15) is 0 Å². The lowest BCUT2D eigenvalue weighted by Gasteiger charge is -2.39. The summed E-state index contributed by atoms with van der Waals surface area (Å²) in [4.78, 5) is 32.9. The average Bonchev–Trinajstić information content (AvgIpc) is 3.20. The number of amides is 2. The highest BCUT2D eigenvalue weighted by Gasteiger charge is 2.39. The van der Waals surface area contributed by atoms with E-state index in [4.69, 9.17) is 0 Å². The molecule has 28 heavy (non-hydrogen) atoms. The molecule has 0 radical (unpaired) electrons. The molecule has 0 aliphatic heterocycles. The third-order valence-electron chi connectivity index (χ3n) is 4.77. The number of hydrogen-bond donors (Lipinski definition) is 1. The van der Waals surface area contributed by atoms with E-state index in [9.17, 15) is 9.59 Å². The zero-order valence-electron chi connectivity index (χ0n) is 16.6. The molecule has 1 N–H and O–H groups in total. The Balaban J connectivity index is 2.04. The SMILES string of the molecule is CC(C)(C)NC(=O)[C@@H](c1ccccn1)N(C(=O)c1csnn1)C1CCCCC1. The van der Waals surface area contributed by atoms with Crippen LogP contribution in [0.1, 0.15) is 75.1 Å². The van der Waals surface area contributed by atoms with E-state index in [1.165, 1.54) is 0 Å². The zero-order chi connectivity index (χ0) is 20.1. The monoisotopic (exact) mass is 401 g/mol. The maximum absolute atomic E-state index is 13.4. The number of carbonyl (C=O) groups excluding carboxylic acids is 2. The summed E-state index contributed by atoms with van der Waals surface area (Å²) in [7, 11) is 0. The Morgan fingerprint density at radius 1 is 1.21 bits per heavy atom. The quantitative estimate of drug-likeness (QED) is 0.830. The maximum atomic E-state index is 13.4. The number of hydrogen-bond acceptors (Lipinski definition) is 6. The first-order valence-electron chi connectivity index (χ1n) is 9.69. The predicted octanol–water partition coefficient (Wildman–Crippen LogP) is 3.36. The molecule has 3 rings (SSSR count). The van der Waals surface area contributed by atoms with Crippen LogP contribution in [0, 0.1) is 0 Å². The zero-order valence-corrected chi connectivity index (χ0v) is 17.4. The van der Waals surface area contributed by atoms with Crippen LogP contribution in [-0.2, 0) is 4.79 Å². The number of nitrogens with one attached hydrogen (secondary N) is 1. The summed E-state index contributed by atoms with van der Waals surface area (Å²) in [6, 6.07) is 4.61. The minimum absolute atomic E-state index is 0.0272. The summed E-state index contributed by atoms with van der Waals surface area (Å²) >= 11 is 1.13. The van der Waals surface area contributed by atoms with Crippen molar-refractivity contribution in [3.05, 3.63) is 41.2 Å². The minimum atomic E-state index is -0.808. The molecule has 0 spiro atoms. The molecular formula is C20H27N5O2S. The second kappa shape index (κ2) is 8.77. The van der Waals surface area contributed by atoms with Crippen molar-refractivity contribution in [1.29, 1.82) is 0 Å². The lowest BCUT2D eigenvalue weighted by Crippen LogP contribution is -2.52. The van der Waals surface area contributed by atoms with Gasteiger partial charge in [-0.25, -0.2) is 0 Å². The van der Waals surface area contributed by atoms with Gasteiger partial charge >= 0.3 is 0 Å². The number of aromatic nitrogens is 3. The van der Waals surface area contributed by atoms with Gasteiger partial charge in [0.15, 0.2) is 11.7 Å². The van der Waals surface area contributed by atoms with E-state index in [0.717, 1.165) is 43.6 Å². The van der Waals surface area contributed by atoms with Crippen molar-refractivity contribution in [2.24, 2.45) is 0 Å². The van der Waals surface area contributed by atoms with Gasteiger partial charge in [-0.15, -0.1) is 5.10 Å². The van der Waals surface area contributed by atoms with Crippen LogP contribution in [0.2, 0.25) is 0 Å². The van der Waals surface area contributed by atoms with Crippen LogP contribution >= 0.6 is 11.5 Å². The summed E-state index contributed by atoms with van der Waals surface area (Å²) in [5.74, 6) is -0.492. The Morgan fingerprint density at radius 2 is 1.96 bits per heavy atom. The van der Waals surface area contributed by atoms with Crippen LogP contribution in [0.3, 0.4) is 0 Å². The second-order valence-corrected chi connectivity index (χ2v) is 8.80. The molecule has 1 aliphatic carbocycles. The number of nitrogens with zero attached hydrogens (tertiary/aromatic N) is 4. The highest BCUT2D eigenvalue weighted by molar-refractivity contribution is 7.03. The van der Waals surface area contributed by atoms with Crippen LogP contribution in [0.5, 0.6) is 0 Å². The lowest BCUT2D eigenvalue weighted by atomic mass is 9.91. The first-order chi connectivity index (χ1) is 13.4. The highest BCUT2D eigenvalue weighted by atomic mass is 32.1. The Morgan fingerprint density at radius 3 is 2.54 bits per heavy atom. The molecule has 0 bridgehead atoms. The Labute approximate surface area is 169 Å². The molecule has 7 nitrogen and oxygen atoms in total. The minimum Gasteiger partial charge on any atom is -0.349 e. The van der Waals surface area contributed by atoms with Gasteiger partial charge in [-0.3, -0.25) is 14.6 Å². The molecule has 8 heteroatoms. The topological polar surface area (TPSA) is 88.1 Å². The number of pyridine rings is 1. The number of carbonyl (C=O) groups is 2. The molecule has 1 fully saturated rings. The van der Waals surface area contributed by atoms with E-state index < -0.39 is 11.6 Å². The average molecular weight is 402 g/mol. The second-order valence-electron chi connectivity index (χ2n) is 8.19. The standard InChI is InChI=1S/C20H27N5O2S/c1-20(2,3)22-18(26)17(15-11-7-8-12-21-15)25(14-9-5-4-6-10-14)19(27)16-13-28-24-23-16/h7-8,11-14,17H,4-6,9-10H2,1-3H3,(H,22,26)/t17-/m1/s1. The van der Waals surface area contributed by atoms with Crippen LogP contribution in [0.4, 0.5) is 0 Å². The Kier molecular flexibility index (Phi) is 6.39. The summed E-state index contributed by atoms with van der Waals surface area (Å²) in [5, 5.41) is 8.63. The summed E-state index contributed by atoms with van der Waals surface area (Å²) in [5.41, 5.74) is 0.416. The normalized spacial score (nSPS) is 16.4. The van der Waals surface area contributed by atoms with Crippen LogP contribution in [-0.4, -0.2) is 42.9 Å². The molecule has 2 amide bonds. The van der Waals surface area contributed by atoms with E-state index >= 15 is 0 Å². The van der Waals surface area contributed by atoms with Gasteiger partial charge < -0.3 is 10.2 Å². The van der Waals surface area contributed by atoms with Gasteiger partial charge in [-0.05, 0) is 57.3 Å². The van der Waals surface area contributed by atoms with E-state index in [1.807, 2.05) is 26.8 Å². The van der Waals surface area contributed by atoms with Crippen molar-refractivity contribution in [1.82, 2.24) is 24.8 Å². The van der Waals surface area contributed by atoms with E-state index in [1.54, 1.807) is 28.6 Å². The van der Waals surface area contributed by atoms with Crippen LogP contribution < -0.4 is 5.32 Å². The van der Waals surface area contributed by atoms with Crippen LogP contribution in [0.25, 0.3) is 0 Å². The maximum Gasteiger partial charge on any atom is 0.276 e. The molecule has 2 heterocycles. The summed E-state index contributed by atoms with van der Waals surface area (Å²) in [6.07, 6.45) is 6.63. The van der Waals surface area contributed by atoms with Gasteiger partial charge in [0.25, 0.3) is 5.91 Å². The first-order valence-corrected chi connectivity index (χ1v) is 10.5. The Hall–Kier alpha value is -2.35. The molecule has 0 saturated heterocycles. The largest absolute Gasteiger partial charge is 0.349 e. The van der Waals surface area contributed by atoms with Crippen molar-refractivity contribution >= 4 is 23.3 Å². The fourth-order valence-electron chi connectivity index (χ4n) is 3.62. The third kappa shape index (κ3) is 4.92. The molecule has 1 aliphatic rings. The molecule has 2 aromatic rings. The van der Waals surface area contributed by atoms with Crippen molar-refractivity contribution in [2.45, 2.75) is 70.5 Å². The summed E-state index contributed by atoms with van der Waals surface area (Å²) < 4.78 is 3.84. The fraction of sp³-hybridized carbons (Fsp3) is 0.550. The van der Waals surface area contributed by atoms with Crippen molar-refractivity contribution < 1.29 is 9.59 Å². The van der Waals surface area contributed by atoms with Gasteiger partial charge in [0, 0.05) is 23.2 Å².